The largest absolute Gasteiger partial charge is 0.477 e. The highest BCUT2D eigenvalue weighted by atomic mass is 32.1. The maximum atomic E-state index is 11.4. The Bertz CT molecular complexity index is 712. The molecule has 0 aliphatic carbocycles. The molecule has 1 aromatic carbocycles. The number of primary amides is 1. The van der Waals surface area contributed by atoms with Crippen LogP contribution in [-0.4, -0.2) is 22.0 Å². The van der Waals surface area contributed by atoms with Crippen molar-refractivity contribution in [2.75, 3.05) is 0 Å². The van der Waals surface area contributed by atoms with E-state index in [0.29, 0.717) is 17.7 Å². The summed E-state index contributed by atoms with van der Waals surface area (Å²) < 4.78 is 0. The second-order valence-electron chi connectivity index (χ2n) is 6.09. The van der Waals surface area contributed by atoms with E-state index in [9.17, 15) is 14.7 Å². The third-order valence-electron chi connectivity index (χ3n) is 3.14. The number of carbonyl (C=O) groups excluding carboxylic acids is 1. The molecule has 116 valence electrons. The number of benzene rings is 1. The van der Waals surface area contributed by atoms with E-state index >= 15 is 0 Å². The third kappa shape index (κ3) is 3.51. The first-order chi connectivity index (χ1) is 10.2. The topological polar surface area (TPSA) is 93.3 Å². The second-order valence-corrected chi connectivity index (χ2v) is 7.09. The highest BCUT2D eigenvalue weighted by molar-refractivity contribution is 7.13. The monoisotopic (exact) mass is 318 g/mol. The first-order valence-corrected chi connectivity index (χ1v) is 7.62. The van der Waals surface area contributed by atoms with Crippen molar-refractivity contribution in [3.8, 4) is 0 Å². The summed E-state index contributed by atoms with van der Waals surface area (Å²) in [6, 6.07) is 6.80. The molecule has 0 saturated carbocycles. The molecule has 0 bridgehead atoms. The number of nitrogens with zero attached hydrogens (tertiary/aromatic N) is 1. The van der Waals surface area contributed by atoms with E-state index in [0.717, 1.165) is 10.6 Å². The van der Waals surface area contributed by atoms with Gasteiger partial charge in [-0.3, -0.25) is 4.79 Å². The SMILES string of the molecule is CC(C)(C)c1nc(Cc2ccc(C(N)=O)cc2)c(C(=O)O)s1. The molecule has 5 nitrogen and oxygen atoms in total. The summed E-state index contributed by atoms with van der Waals surface area (Å²) in [7, 11) is 0. The zero-order chi connectivity index (χ0) is 16.5. The molecule has 0 aliphatic heterocycles. The zero-order valence-corrected chi connectivity index (χ0v) is 13.5. The lowest BCUT2D eigenvalue weighted by Gasteiger charge is -2.13. The number of rotatable bonds is 4. The molecule has 0 aliphatic rings. The van der Waals surface area contributed by atoms with E-state index in [-0.39, 0.29) is 10.3 Å². The zero-order valence-electron chi connectivity index (χ0n) is 12.7. The maximum absolute atomic E-state index is 11.4. The molecule has 1 aromatic heterocycles. The summed E-state index contributed by atoms with van der Waals surface area (Å²) in [6.07, 6.45) is 0.410. The summed E-state index contributed by atoms with van der Waals surface area (Å²) in [5.41, 5.74) is 6.88. The third-order valence-corrected chi connectivity index (χ3v) is 4.65. The van der Waals surface area contributed by atoms with Gasteiger partial charge in [-0.25, -0.2) is 9.78 Å². The molecule has 1 heterocycles. The van der Waals surface area contributed by atoms with Gasteiger partial charge < -0.3 is 10.8 Å². The Morgan fingerprint density at radius 3 is 2.27 bits per heavy atom. The summed E-state index contributed by atoms with van der Waals surface area (Å²) in [6.45, 7) is 6.01. The van der Waals surface area contributed by atoms with Gasteiger partial charge >= 0.3 is 5.97 Å². The van der Waals surface area contributed by atoms with Crippen molar-refractivity contribution in [3.05, 3.63) is 51.0 Å². The quantitative estimate of drug-likeness (QED) is 0.906. The van der Waals surface area contributed by atoms with E-state index in [1.54, 1.807) is 24.3 Å². The van der Waals surface area contributed by atoms with Crippen LogP contribution in [0.2, 0.25) is 0 Å². The van der Waals surface area contributed by atoms with Crippen LogP contribution in [0.4, 0.5) is 0 Å². The predicted octanol–water partition coefficient (Wildman–Crippen LogP) is 2.83. The molecule has 0 unspecified atom stereocenters. The Kier molecular flexibility index (Phi) is 4.32. The molecule has 0 spiro atoms. The van der Waals surface area contributed by atoms with Crippen molar-refractivity contribution in [2.45, 2.75) is 32.6 Å². The van der Waals surface area contributed by atoms with Crippen LogP contribution >= 0.6 is 11.3 Å². The Morgan fingerprint density at radius 2 is 1.82 bits per heavy atom. The van der Waals surface area contributed by atoms with E-state index in [1.807, 2.05) is 20.8 Å². The van der Waals surface area contributed by atoms with Crippen LogP contribution in [0.3, 0.4) is 0 Å². The van der Waals surface area contributed by atoms with Gasteiger partial charge in [-0.05, 0) is 17.7 Å². The number of thiazole rings is 1. The van der Waals surface area contributed by atoms with Crippen molar-refractivity contribution < 1.29 is 14.7 Å². The summed E-state index contributed by atoms with van der Waals surface area (Å²) in [5, 5.41) is 10.1. The lowest BCUT2D eigenvalue weighted by atomic mass is 9.98. The fourth-order valence-corrected chi connectivity index (χ4v) is 2.92. The minimum Gasteiger partial charge on any atom is -0.477 e. The lowest BCUT2D eigenvalue weighted by Crippen LogP contribution is -2.11. The van der Waals surface area contributed by atoms with Crippen LogP contribution < -0.4 is 5.73 Å². The van der Waals surface area contributed by atoms with E-state index in [4.69, 9.17) is 5.73 Å². The number of carboxylic acids is 1. The van der Waals surface area contributed by atoms with Crippen molar-refractivity contribution in [2.24, 2.45) is 5.73 Å². The smallest absolute Gasteiger partial charge is 0.347 e. The van der Waals surface area contributed by atoms with Crippen LogP contribution in [0.1, 0.15) is 57.1 Å². The van der Waals surface area contributed by atoms with Gasteiger partial charge in [0.15, 0.2) is 0 Å². The molecule has 2 rings (SSSR count). The summed E-state index contributed by atoms with van der Waals surface area (Å²) >= 11 is 1.22. The van der Waals surface area contributed by atoms with Crippen LogP contribution in [0.5, 0.6) is 0 Å². The Labute approximate surface area is 132 Å². The van der Waals surface area contributed by atoms with Crippen LogP contribution in [0.25, 0.3) is 0 Å². The van der Waals surface area contributed by atoms with Gasteiger partial charge in [-0.2, -0.15) is 0 Å². The Hall–Kier alpha value is -2.21. The molecule has 1 amide bonds. The molecule has 0 saturated heterocycles. The molecule has 6 heteroatoms. The van der Waals surface area contributed by atoms with Crippen molar-refractivity contribution in [3.63, 3.8) is 0 Å². The summed E-state index contributed by atoms with van der Waals surface area (Å²) in [5.74, 6) is -1.45. The molecule has 0 radical (unpaired) electrons. The van der Waals surface area contributed by atoms with Gasteiger partial charge in [0, 0.05) is 17.4 Å². The van der Waals surface area contributed by atoms with Gasteiger partial charge in [0.05, 0.1) is 10.7 Å². The van der Waals surface area contributed by atoms with Crippen molar-refractivity contribution in [1.82, 2.24) is 4.98 Å². The molecule has 22 heavy (non-hydrogen) atoms. The van der Waals surface area contributed by atoms with Gasteiger partial charge in [0.2, 0.25) is 5.91 Å². The summed E-state index contributed by atoms with van der Waals surface area (Å²) in [4.78, 5) is 27.2. The van der Waals surface area contributed by atoms with Gasteiger partial charge in [-0.1, -0.05) is 32.9 Å². The number of aromatic carboxylic acids is 1. The van der Waals surface area contributed by atoms with E-state index in [2.05, 4.69) is 4.98 Å². The highest BCUT2D eigenvalue weighted by Crippen LogP contribution is 2.30. The number of nitrogens with two attached hydrogens (primary N) is 1. The van der Waals surface area contributed by atoms with Crippen LogP contribution in [-0.2, 0) is 11.8 Å². The maximum Gasteiger partial charge on any atom is 0.347 e. The number of aromatic nitrogens is 1. The lowest BCUT2D eigenvalue weighted by molar-refractivity contribution is 0.0700. The molecule has 2 aromatic rings. The molecule has 0 atom stereocenters. The van der Waals surface area contributed by atoms with Gasteiger partial charge in [0.1, 0.15) is 4.88 Å². The Balaban J connectivity index is 2.34. The number of hydrogen-bond donors (Lipinski definition) is 2. The standard InChI is InChI=1S/C16H18N2O3S/c1-16(2,3)15-18-11(12(22-15)14(20)21)8-9-4-6-10(7-5-9)13(17)19/h4-7H,8H2,1-3H3,(H2,17,19)(H,20,21). The van der Waals surface area contributed by atoms with Gasteiger partial charge in [-0.15, -0.1) is 11.3 Å². The minimum absolute atomic E-state index is 0.192. The molecular formula is C16H18N2O3S. The number of amides is 1. The first kappa shape index (κ1) is 16.2. The molecule has 3 N–H and O–H groups in total. The number of hydrogen-bond acceptors (Lipinski definition) is 4. The van der Waals surface area contributed by atoms with Crippen LogP contribution in [0.15, 0.2) is 24.3 Å². The highest BCUT2D eigenvalue weighted by Gasteiger charge is 2.24. The predicted molar refractivity (Wildman–Crippen MR) is 85.5 cm³/mol. The van der Waals surface area contributed by atoms with Crippen molar-refractivity contribution >= 4 is 23.2 Å². The first-order valence-electron chi connectivity index (χ1n) is 6.80. The minimum atomic E-state index is -0.961. The van der Waals surface area contributed by atoms with E-state index in [1.165, 1.54) is 11.3 Å². The number of carboxylic acid groups (broad SMARTS) is 1. The molecular weight excluding hydrogens is 300 g/mol. The van der Waals surface area contributed by atoms with Gasteiger partial charge in [0.25, 0.3) is 0 Å². The normalized spacial score (nSPS) is 11.4. The molecule has 0 fully saturated rings. The fraction of sp³-hybridized carbons (Fsp3) is 0.312. The van der Waals surface area contributed by atoms with Crippen LogP contribution in [0, 0.1) is 0 Å². The van der Waals surface area contributed by atoms with Crippen molar-refractivity contribution in [1.29, 1.82) is 0 Å². The Morgan fingerprint density at radius 1 is 1.23 bits per heavy atom. The average Bonchev–Trinajstić information content (AvgIpc) is 2.83. The second kappa shape index (κ2) is 5.88. The van der Waals surface area contributed by atoms with E-state index < -0.39 is 11.9 Å². The fourth-order valence-electron chi connectivity index (χ4n) is 1.94. The number of carbonyl (C=O) groups is 2. The average molecular weight is 318 g/mol.